The number of carbonyl (C=O) groups excluding carboxylic acids is 2. The minimum Gasteiger partial charge on any atom is -0.361 e. The number of thioether (sulfide) groups is 1. The molecule has 1 N–H and O–H groups in total. The first-order chi connectivity index (χ1) is 12.0. The summed E-state index contributed by atoms with van der Waals surface area (Å²) in [5.74, 6) is 3.29. The Morgan fingerprint density at radius 3 is 2.72 bits per heavy atom. The van der Waals surface area contributed by atoms with Crippen LogP contribution in [0.2, 0.25) is 0 Å². The summed E-state index contributed by atoms with van der Waals surface area (Å²) in [5.41, 5.74) is 1.88. The summed E-state index contributed by atoms with van der Waals surface area (Å²) >= 11 is 1.91. The maximum Gasteiger partial charge on any atom is 0.225 e. The predicted molar refractivity (Wildman–Crippen MR) is 97.5 cm³/mol. The van der Waals surface area contributed by atoms with Gasteiger partial charge in [0.15, 0.2) is 0 Å². The highest BCUT2D eigenvalue weighted by atomic mass is 32.2. The minimum absolute atomic E-state index is 0.0486. The van der Waals surface area contributed by atoms with Crippen LogP contribution in [-0.2, 0) is 16.0 Å². The van der Waals surface area contributed by atoms with Crippen LogP contribution in [0, 0.1) is 19.8 Å². The zero-order chi connectivity index (χ0) is 17.8. The third-order valence-electron chi connectivity index (χ3n) is 5.25. The Hall–Kier alpha value is -1.50. The molecule has 0 unspecified atom stereocenters. The van der Waals surface area contributed by atoms with E-state index >= 15 is 0 Å². The number of nitrogens with zero attached hydrogens (tertiary/aromatic N) is 2. The number of hydrogen-bond acceptors (Lipinski definition) is 5. The third-order valence-corrected chi connectivity index (χ3v) is 6.20. The van der Waals surface area contributed by atoms with Crippen molar-refractivity contribution in [3.8, 4) is 0 Å². The van der Waals surface area contributed by atoms with Gasteiger partial charge in [0.2, 0.25) is 11.8 Å². The first-order valence-electron chi connectivity index (χ1n) is 9.12. The van der Waals surface area contributed by atoms with Gasteiger partial charge in [0, 0.05) is 48.5 Å². The van der Waals surface area contributed by atoms with Crippen molar-refractivity contribution >= 4 is 23.6 Å². The highest BCUT2D eigenvalue weighted by Gasteiger charge is 2.33. The van der Waals surface area contributed by atoms with Crippen molar-refractivity contribution in [3.05, 3.63) is 17.0 Å². The van der Waals surface area contributed by atoms with Gasteiger partial charge in [-0.25, -0.2) is 0 Å². The van der Waals surface area contributed by atoms with Crippen LogP contribution in [0.25, 0.3) is 0 Å². The highest BCUT2D eigenvalue weighted by Crippen LogP contribution is 2.28. The molecule has 2 atom stereocenters. The molecule has 1 aromatic rings. The van der Waals surface area contributed by atoms with E-state index in [4.69, 9.17) is 4.52 Å². The quantitative estimate of drug-likeness (QED) is 0.865. The Morgan fingerprint density at radius 2 is 2.04 bits per heavy atom. The third kappa shape index (κ3) is 4.57. The van der Waals surface area contributed by atoms with Crippen LogP contribution in [0.5, 0.6) is 0 Å². The Labute approximate surface area is 153 Å². The van der Waals surface area contributed by atoms with Crippen molar-refractivity contribution in [1.29, 1.82) is 0 Å². The lowest BCUT2D eigenvalue weighted by Crippen LogP contribution is -2.41. The van der Waals surface area contributed by atoms with Crippen molar-refractivity contribution < 1.29 is 14.1 Å². The van der Waals surface area contributed by atoms with Gasteiger partial charge < -0.3 is 14.7 Å². The molecule has 2 heterocycles. The first kappa shape index (κ1) is 18.3. The van der Waals surface area contributed by atoms with Crippen LogP contribution in [-0.4, -0.2) is 52.5 Å². The minimum atomic E-state index is 0.0486. The molecule has 0 radical (unpaired) electrons. The summed E-state index contributed by atoms with van der Waals surface area (Å²) in [6.07, 6.45) is 3.64. The second-order valence-corrected chi connectivity index (χ2v) is 8.24. The molecule has 0 aromatic carbocycles. The first-order valence-corrected chi connectivity index (χ1v) is 10.3. The zero-order valence-corrected chi connectivity index (χ0v) is 15.9. The summed E-state index contributed by atoms with van der Waals surface area (Å²) < 4.78 is 5.13. The molecule has 1 saturated carbocycles. The largest absolute Gasteiger partial charge is 0.361 e. The number of amides is 2. The van der Waals surface area contributed by atoms with Crippen molar-refractivity contribution in [2.24, 2.45) is 5.92 Å². The molecule has 0 bridgehead atoms. The summed E-state index contributed by atoms with van der Waals surface area (Å²) in [5, 5.41) is 7.02. The average molecular weight is 365 g/mol. The van der Waals surface area contributed by atoms with E-state index in [1.54, 1.807) is 0 Å². The standard InChI is InChI=1S/C18H27N3O3S/c1-12-16(13(2)24-20-12)5-6-17(22)19-15-4-3-14(11-15)18(23)21-7-9-25-10-8-21/h14-15H,3-11H2,1-2H3,(H,19,22)/t14-,15+/m1/s1. The van der Waals surface area contributed by atoms with E-state index in [2.05, 4.69) is 10.5 Å². The molecular formula is C18H27N3O3S. The fourth-order valence-corrected chi connectivity index (χ4v) is 4.68. The van der Waals surface area contributed by atoms with Gasteiger partial charge in [0.05, 0.1) is 5.69 Å². The molecule has 25 heavy (non-hydrogen) atoms. The molecule has 1 saturated heterocycles. The fourth-order valence-electron chi connectivity index (χ4n) is 3.78. The van der Waals surface area contributed by atoms with E-state index < -0.39 is 0 Å². The number of aromatic nitrogens is 1. The summed E-state index contributed by atoms with van der Waals surface area (Å²) in [6.45, 7) is 5.51. The molecule has 1 aliphatic heterocycles. The smallest absolute Gasteiger partial charge is 0.225 e. The van der Waals surface area contributed by atoms with Gasteiger partial charge in [-0.3, -0.25) is 9.59 Å². The molecule has 2 amide bonds. The number of carbonyl (C=O) groups is 2. The molecule has 138 valence electrons. The lowest BCUT2D eigenvalue weighted by molar-refractivity contribution is -0.135. The highest BCUT2D eigenvalue weighted by molar-refractivity contribution is 7.99. The number of aryl methyl sites for hydroxylation is 2. The molecule has 7 heteroatoms. The van der Waals surface area contributed by atoms with Crippen LogP contribution in [0.3, 0.4) is 0 Å². The summed E-state index contributed by atoms with van der Waals surface area (Å²) in [4.78, 5) is 26.8. The summed E-state index contributed by atoms with van der Waals surface area (Å²) in [6, 6.07) is 0.130. The zero-order valence-electron chi connectivity index (χ0n) is 15.0. The van der Waals surface area contributed by atoms with Crippen LogP contribution in [0.15, 0.2) is 4.52 Å². The second-order valence-electron chi connectivity index (χ2n) is 7.01. The molecule has 1 aliphatic carbocycles. The number of nitrogens with one attached hydrogen (secondary N) is 1. The predicted octanol–water partition coefficient (Wildman–Crippen LogP) is 2.08. The lowest BCUT2D eigenvalue weighted by Gasteiger charge is -2.29. The summed E-state index contributed by atoms with van der Waals surface area (Å²) in [7, 11) is 0. The van der Waals surface area contributed by atoms with E-state index in [9.17, 15) is 9.59 Å². The molecule has 3 rings (SSSR count). The second kappa shape index (κ2) is 8.25. The maximum absolute atomic E-state index is 12.6. The van der Waals surface area contributed by atoms with Crippen LogP contribution in [0.1, 0.15) is 42.7 Å². The van der Waals surface area contributed by atoms with Crippen molar-refractivity contribution in [2.45, 2.75) is 52.0 Å². The Balaban J connectivity index is 1.43. The lowest BCUT2D eigenvalue weighted by atomic mass is 10.1. The van der Waals surface area contributed by atoms with E-state index in [-0.39, 0.29) is 23.8 Å². The Kier molecular flexibility index (Phi) is 6.04. The molecule has 2 aliphatic rings. The topological polar surface area (TPSA) is 75.4 Å². The average Bonchev–Trinajstić information content (AvgIpc) is 3.20. The Bertz CT molecular complexity index is 606. The molecule has 2 fully saturated rings. The van der Waals surface area contributed by atoms with Crippen molar-refractivity contribution in [1.82, 2.24) is 15.4 Å². The normalized spacial score (nSPS) is 23.7. The van der Waals surface area contributed by atoms with Crippen LogP contribution in [0.4, 0.5) is 0 Å². The molecular weight excluding hydrogens is 338 g/mol. The fraction of sp³-hybridized carbons (Fsp3) is 0.722. The van der Waals surface area contributed by atoms with Crippen LogP contribution < -0.4 is 5.32 Å². The van der Waals surface area contributed by atoms with Gasteiger partial charge in [-0.05, 0) is 39.5 Å². The van der Waals surface area contributed by atoms with E-state index in [0.717, 1.165) is 60.9 Å². The molecule has 1 aromatic heterocycles. The monoisotopic (exact) mass is 365 g/mol. The SMILES string of the molecule is Cc1noc(C)c1CCC(=O)N[C@H]1CC[C@@H](C(=O)N2CCSCC2)C1. The Morgan fingerprint density at radius 1 is 1.28 bits per heavy atom. The van der Waals surface area contributed by atoms with E-state index in [0.29, 0.717) is 12.8 Å². The van der Waals surface area contributed by atoms with Crippen molar-refractivity contribution in [2.75, 3.05) is 24.6 Å². The van der Waals surface area contributed by atoms with Crippen molar-refractivity contribution in [3.63, 3.8) is 0 Å². The van der Waals surface area contributed by atoms with Gasteiger partial charge >= 0.3 is 0 Å². The molecule has 6 nitrogen and oxygen atoms in total. The van der Waals surface area contributed by atoms with Crippen LogP contribution >= 0.6 is 11.8 Å². The van der Waals surface area contributed by atoms with E-state index in [1.807, 2.05) is 30.5 Å². The number of hydrogen-bond donors (Lipinski definition) is 1. The maximum atomic E-state index is 12.6. The van der Waals surface area contributed by atoms with Gasteiger partial charge in [-0.2, -0.15) is 11.8 Å². The van der Waals surface area contributed by atoms with Gasteiger partial charge in [0.1, 0.15) is 5.76 Å². The van der Waals surface area contributed by atoms with Gasteiger partial charge in [0.25, 0.3) is 0 Å². The van der Waals surface area contributed by atoms with Gasteiger partial charge in [-0.1, -0.05) is 5.16 Å². The number of rotatable bonds is 5. The molecule has 0 spiro atoms. The van der Waals surface area contributed by atoms with Gasteiger partial charge in [-0.15, -0.1) is 0 Å². The van der Waals surface area contributed by atoms with E-state index in [1.165, 1.54) is 0 Å².